The molecule has 17 heavy (non-hydrogen) atoms. The number of nitrogens with zero attached hydrogens (tertiary/aromatic N) is 2. The number of anilines is 1. The Labute approximate surface area is 114 Å². The third kappa shape index (κ3) is 3.79. The number of aromatic nitrogens is 2. The van der Waals surface area contributed by atoms with Crippen molar-refractivity contribution in [2.45, 2.75) is 31.8 Å². The van der Waals surface area contributed by atoms with Gasteiger partial charge in [-0.2, -0.15) is 0 Å². The van der Waals surface area contributed by atoms with E-state index in [1.807, 2.05) is 0 Å². The van der Waals surface area contributed by atoms with Gasteiger partial charge in [0.15, 0.2) is 0 Å². The molecule has 0 bridgehead atoms. The van der Waals surface area contributed by atoms with Crippen molar-refractivity contribution in [1.29, 1.82) is 0 Å². The van der Waals surface area contributed by atoms with Crippen LogP contribution in [0.25, 0.3) is 0 Å². The lowest BCUT2D eigenvalue weighted by Gasteiger charge is -2.22. The van der Waals surface area contributed by atoms with Gasteiger partial charge >= 0.3 is 0 Å². The molecule has 6 heteroatoms. The number of hydrogen-bond acceptors (Lipinski definition) is 4. The van der Waals surface area contributed by atoms with Crippen LogP contribution in [0.1, 0.15) is 25.7 Å². The van der Waals surface area contributed by atoms with Crippen LogP contribution in [0.3, 0.4) is 0 Å². The highest BCUT2D eigenvalue weighted by Gasteiger charge is 2.13. The van der Waals surface area contributed by atoms with Gasteiger partial charge in [0, 0.05) is 13.2 Å². The Morgan fingerprint density at radius 2 is 2.35 bits per heavy atom. The molecular weight excluding hydrogens is 305 g/mol. The first kappa shape index (κ1) is 13.1. The first-order chi connectivity index (χ1) is 8.27. The molecule has 2 rings (SSSR count). The second kappa shape index (κ2) is 6.52. The van der Waals surface area contributed by atoms with E-state index < -0.39 is 0 Å². The highest BCUT2D eigenvalue weighted by atomic mass is 79.9. The molecule has 1 fully saturated rings. The average molecular weight is 321 g/mol. The van der Waals surface area contributed by atoms with Gasteiger partial charge in [0.25, 0.3) is 0 Å². The molecule has 1 aliphatic heterocycles. The van der Waals surface area contributed by atoms with Crippen LogP contribution in [-0.4, -0.2) is 29.2 Å². The van der Waals surface area contributed by atoms with Crippen LogP contribution in [0.4, 0.5) is 5.82 Å². The van der Waals surface area contributed by atoms with E-state index in [1.165, 1.54) is 19.2 Å². The van der Waals surface area contributed by atoms with Crippen LogP contribution in [0.15, 0.2) is 10.8 Å². The lowest BCUT2D eigenvalue weighted by atomic mass is 10.1. The maximum absolute atomic E-state index is 5.88. The fraction of sp³-hybridized carbons (Fsp3) is 0.636. The summed E-state index contributed by atoms with van der Waals surface area (Å²) in [6.07, 6.45) is 6.45. The van der Waals surface area contributed by atoms with E-state index in [2.05, 4.69) is 31.2 Å². The summed E-state index contributed by atoms with van der Waals surface area (Å²) in [7, 11) is 0. The minimum atomic E-state index is 0.382. The van der Waals surface area contributed by atoms with Gasteiger partial charge in [-0.05, 0) is 41.6 Å². The minimum Gasteiger partial charge on any atom is -0.378 e. The first-order valence-corrected chi connectivity index (χ1v) is 6.96. The van der Waals surface area contributed by atoms with E-state index in [4.69, 9.17) is 16.3 Å². The fourth-order valence-electron chi connectivity index (χ4n) is 1.86. The number of ether oxygens (including phenoxy) is 1. The summed E-state index contributed by atoms with van der Waals surface area (Å²) < 4.78 is 6.37. The van der Waals surface area contributed by atoms with Gasteiger partial charge in [-0.3, -0.25) is 0 Å². The monoisotopic (exact) mass is 319 g/mol. The van der Waals surface area contributed by atoms with Crippen LogP contribution in [-0.2, 0) is 4.74 Å². The highest BCUT2D eigenvalue weighted by Crippen LogP contribution is 2.26. The first-order valence-electron chi connectivity index (χ1n) is 5.79. The standard InChI is InChI=1S/C11H15BrClN3O/c12-9-10(13)15-7-16-11(9)14-5-4-8-3-1-2-6-17-8/h7-8H,1-6H2,(H,14,15,16). The van der Waals surface area contributed by atoms with E-state index in [0.717, 1.165) is 31.8 Å². The van der Waals surface area contributed by atoms with Gasteiger partial charge in [0.2, 0.25) is 0 Å². The molecule has 1 saturated heterocycles. The summed E-state index contributed by atoms with van der Waals surface area (Å²) in [6.45, 7) is 1.73. The highest BCUT2D eigenvalue weighted by molar-refractivity contribution is 9.10. The molecule has 0 radical (unpaired) electrons. The molecule has 1 aliphatic rings. The van der Waals surface area contributed by atoms with Crippen LogP contribution < -0.4 is 5.32 Å². The van der Waals surface area contributed by atoms with Crippen molar-refractivity contribution in [1.82, 2.24) is 9.97 Å². The maximum Gasteiger partial charge on any atom is 0.148 e. The normalized spacial score (nSPS) is 20.2. The quantitative estimate of drug-likeness (QED) is 0.865. The second-order valence-electron chi connectivity index (χ2n) is 4.03. The zero-order valence-corrected chi connectivity index (χ0v) is 11.8. The van der Waals surface area contributed by atoms with Crippen molar-refractivity contribution in [2.24, 2.45) is 0 Å². The topological polar surface area (TPSA) is 47.0 Å². The fourth-order valence-corrected chi connectivity index (χ4v) is 2.34. The van der Waals surface area contributed by atoms with Crippen molar-refractivity contribution in [3.63, 3.8) is 0 Å². The minimum absolute atomic E-state index is 0.382. The number of nitrogens with one attached hydrogen (secondary N) is 1. The van der Waals surface area contributed by atoms with Crippen LogP contribution in [0, 0.1) is 0 Å². The van der Waals surface area contributed by atoms with Gasteiger partial charge < -0.3 is 10.1 Å². The lowest BCUT2D eigenvalue weighted by Crippen LogP contribution is -2.22. The number of hydrogen-bond donors (Lipinski definition) is 1. The van der Waals surface area contributed by atoms with Gasteiger partial charge in [-0.25, -0.2) is 9.97 Å². The molecule has 1 atom stereocenters. The molecule has 0 saturated carbocycles. The smallest absolute Gasteiger partial charge is 0.148 e. The zero-order chi connectivity index (χ0) is 12.1. The molecule has 2 heterocycles. The molecule has 1 unspecified atom stereocenters. The van der Waals surface area contributed by atoms with E-state index in [-0.39, 0.29) is 0 Å². The molecular formula is C11H15BrClN3O. The maximum atomic E-state index is 5.88. The summed E-state index contributed by atoms with van der Waals surface area (Å²) >= 11 is 9.23. The zero-order valence-electron chi connectivity index (χ0n) is 9.46. The van der Waals surface area contributed by atoms with Gasteiger partial charge in [0.05, 0.1) is 10.6 Å². The Hall–Kier alpha value is -0.390. The van der Waals surface area contributed by atoms with Crippen molar-refractivity contribution in [2.75, 3.05) is 18.5 Å². The Morgan fingerprint density at radius 3 is 3.12 bits per heavy atom. The van der Waals surface area contributed by atoms with Crippen molar-refractivity contribution < 1.29 is 4.74 Å². The second-order valence-corrected chi connectivity index (χ2v) is 5.18. The van der Waals surface area contributed by atoms with Gasteiger partial charge in [-0.1, -0.05) is 11.6 Å². The Morgan fingerprint density at radius 1 is 1.47 bits per heavy atom. The molecule has 1 aromatic rings. The summed E-state index contributed by atoms with van der Waals surface area (Å²) in [5.74, 6) is 0.737. The van der Waals surface area contributed by atoms with E-state index in [1.54, 1.807) is 0 Å². The van der Waals surface area contributed by atoms with Gasteiger partial charge in [-0.15, -0.1) is 0 Å². The van der Waals surface area contributed by atoms with E-state index >= 15 is 0 Å². The summed E-state index contributed by atoms with van der Waals surface area (Å²) in [6, 6.07) is 0. The molecule has 0 aromatic carbocycles. The SMILES string of the molecule is Clc1ncnc(NCCC2CCCCO2)c1Br. The molecule has 0 aliphatic carbocycles. The molecule has 1 aromatic heterocycles. The largest absolute Gasteiger partial charge is 0.378 e. The van der Waals surface area contributed by atoms with Crippen molar-refractivity contribution in [3.05, 3.63) is 16.0 Å². The third-order valence-electron chi connectivity index (χ3n) is 2.78. The summed E-state index contributed by atoms with van der Waals surface area (Å²) in [5.41, 5.74) is 0. The average Bonchev–Trinajstić information content (AvgIpc) is 2.36. The Kier molecular flexibility index (Phi) is 5.00. The molecule has 0 spiro atoms. The Balaban J connectivity index is 1.79. The third-order valence-corrected chi connectivity index (χ3v) is 4.05. The predicted molar refractivity (Wildman–Crippen MR) is 71.4 cm³/mol. The molecule has 0 amide bonds. The molecule has 94 valence electrons. The molecule has 4 nitrogen and oxygen atoms in total. The van der Waals surface area contributed by atoms with Gasteiger partial charge in [0.1, 0.15) is 17.3 Å². The predicted octanol–water partition coefficient (Wildman–Crippen LogP) is 3.26. The summed E-state index contributed by atoms with van der Waals surface area (Å²) in [5, 5.41) is 3.67. The number of halogens is 2. The summed E-state index contributed by atoms with van der Waals surface area (Å²) in [4.78, 5) is 8.01. The van der Waals surface area contributed by atoms with Crippen LogP contribution in [0.5, 0.6) is 0 Å². The van der Waals surface area contributed by atoms with Crippen molar-refractivity contribution >= 4 is 33.3 Å². The molecule has 1 N–H and O–H groups in total. The Bertz CT molecular complexity index is 372. The lowest BCUT2D eigenvalue weighted by molar-refractivity contribution is 0.0134. The van der Waals surface area contributed by atoms with Crippen LogP contribution in [0.2, 0.25) is 5.15 Å². The van der Waals surface area contributed by atoms with E-state index in [0.29, 0.717) is 15.7 Å². The van der Waals surface area contributed by atoms with Crippen molar-refractivity contribution in [3.8, 4) is 0 Å². The number of rotatable bonds is 4. The van der Waals surface area contributed by atoms with E-state index in [9.17, 15) is 0 Å². The van der Waals surface area contributed by atoms with Crippen LogP contribution >= 0.6 is 27.5 Å².